The molecule has 1 aliphatic heterocycles. The quantitative estimate of drug-likeness (QED) is 0.0299. The molecule has 270 valence electrons. The van der Waals surface area contributed by atoms with Crippen molar-refractivity contribution in [3.63, 3.8) is 0 Å². The van der Waals surface area contributed by atoms with Crippen LogP contribution in [0.4, 0.5) is 5.69 Å². The SMILES string of the molecule is C=COCCCCOc1ccc(C(=O)Oc2ccc(OCCCCCCCCCCCOC(=O)c3ccc(N4C(=O)C=CC4=O)cc3)cc2)cc1. The van der Waals surface area contributed by atoms with Crippen LogP contribution in [0.5, 0.6) is 17.2 Å². The van der Waals surface area contributed by atoms with Gasteiger partial charge >= 0.3 is 11.9 Å². The van der Waals surface area contributed by atoms with Gasteiger partial charge in [-0.2, -0.15) is 0 Å². The summed E-state index contributed by atoms with van der Waals surface area (Å²) >= 11 is 0. The molecule has 10 nitrogen and oxygen atoms in total. The van der Waals surface area contributed by atoms with E-state index in [1.165, 1.54) is 31.3 Å². The lowest BCUT2D eigenvalue weighted by molar-refractivity contribution is -0.120. The number of benzene rings is 3. The highest BCUT2D eigenvalue weighted by atomic mass is 16.5. The van der Waals surface area contributed by atoms with Crippen molar-refractivity contribution in [3.05, 3.63) is 109 Å². The van der Waals surface area contributed by atoms with Gasteiger partial charge in [-0.3, -0.25) is 9.59 Å². The average molecular weight is 698 g/mol. The van der Waals surface area contributed by atoms with Crippen LogP contribution in [-0.4, -0.2) is 50.2 Å². The maximum atomic E-state index is 12.5. The second kappa shape index (κ2) is 21.7. The van der Waals surface area contributed by atoms with E-state index in [-0.39, 0.29) is 0 Å². The van der Waals surface area contributed by atoms with Crippen LogP contribution in [0.25, 0.3) is 0 Å². The summed E-state index contributed by atoms with van der Waals surface area (Å²) < 4.78 is 27.5. The molecule has 3 aromatic carbocycles. The molecule has 0 saturated heterocycles. The molecule has 3 aromatic rings. The smallest absolute Gasteiger partial charge is 0.343 e. The molecular formula is C41H47NO9. The summed E-state index contributed by atoms with van der Waals surface area (Å²) in [4.78, 5) is 49.5. The Kier molecular flexibility index (Phi) is 16.3. The van der Waals surface area contributed by atoms with Gasteiger partial charge in [0.1, 0.15) is 17.2 Å². The van der Waals surface area contributed by atoms with Gasteiger partial charge in [0.2, 0.25) is 0 Å². The summed E-state index contributed by atoms with van der Waals surface area (Å²) in [5.74, 6) is 0.245. The van der Waals surface area contributed by atoms with Crippen LogP contribution in [0.3, 0.4) is 0 Å². The fourth-order valence-corrected chi connectivity index (χ4v) is 5.30. The second-order valence-corrected chi connectivity index (χ2v) is 12.0. The third-order valence-corrected chi connectivity index (χ3v) is 8.13. The summed E-state index contributed by atoms with van der Waals surface area (Å²) in [6, 6.07) is 20.2. The lowest BCUT2D eigenvalue weighted by Gasteiger charge is -2.14. The molecule has 4 rings (SSSR count). The number of imide groups is 1. The number of hydrogen-bond acceptors (Lipinski definition) is 9. The van der Waals surface area contributed by atoms with E-state index in [0.717, 1.165) is 68.4 Å². The average Bonchev–Trinajstić information content (AvgIpc) is 3.49. The van der Waals surface area contributed by atoms with Gasteiger partial charge in [0.05, 0.1) is 49.5 Å². The third-order valence-electron chi connectivity index (χ3n) is 8.13. The number of esters is 2. The van der Waals surface area contributed by atoms with Gasteiger partial charge in [0, 0.05) is 12.2 Å². The number of nitrogens with zero attached hydrogens (tertiary/aromatic N) is 1. The molecule has 0 radical (unpaired) electrons. The van der Waals surface area contributed by atoms with Crippen LogP contribution in [-0.2, 0) is 19.1 Å². The maximum Gasteiger partial charge on any atom is 0.343 e. The number of carbonyl (C=O) groups excluding carboxylic acids is 4. The van der Waals surface area contributed by atoms with Gasteiger partial charge in [-0.25, -0.2) is 14.5 Å². The van der Waals surface area contributed by atoms with Gasteiger partial charge in [-0.15, -0.1) is 0 Å². The van der Waals surface area contributed by atoms with Crippen LogP contribution < -0.4 is 19.1 Å². The first-order valence-electron chi connectivity index (χ1n) is 17.7. The minimum atomic E-state index is -0.436. The zero-order valence-electron chi connectivity index (χ0n) is 29.1. The number of amides is 2. The first kappa shape index (κ1) is 38.4. The van der Waals surface area contributed by atoms with Crippen molar-refractivity contribution in [3.8, 4) is 17.2 Å². The van der Waals surface area contributed by atoms with E-state index in [4.69, 9.17) is 23.7 Å². The monoisotopic (exact) mass is 697 g/mol. The fourth-order valence-electron chi connectivity index (χ4n) is 5.30. The van der Waals surface area contributed by atoms with E-state index in [1.54, 1.807) is 72.8 Å². The van der Waals surface area contributed by atoms with Crippen molar-refractivity contribution < 1.29 is 42.9 Å². The van der Waals surface area contributed by atoms with E-state index in [2.05, 4.69) is 6.58 Å². The molecule has 0 atom stereocenters. The molecule has 0 fully saturated rings. The van der Waals surface area contributed by atoms with Crippen LogP contribution in [0.2, 0.25) is 0 Å². The van der Waals surface area contributed by atoms with E-state index < -0.39 is 23.8 Å². The molecule has 0 saturated carbocycles. The van der Waals surface area contributed by atoms with Gasteiger partial charge in [-0.1, -0.05) is 51.5 Å². The topological polar surface area (TPSA) is 118 Å². The van der Waals surface area contributed by atoms with Crippen LogP contribution in [0, 0.1) is 0 Å². The van der Waals surface area contributed by atoms with Gasteiger partial charge in [0.15, 0.2) is 0 Å². The van der Waals surface area contributed by atoms with E-state index in [1.807, 2.05) is 0 Å². The van der Waals surface area contributed by atoms with Gasteiger partial charge in [-0.05, 0) is 98.5 Å². The highest BCUT2D eigenvalue weighted by Gasteiger charge is 2.25. The number of hydrogen-bond donors (Lipinski definition) is 0. The predicted octanol–water partition coefficient (Wildman–Crippen LogP) is 8.40. The van der Waals surface area contributed by atoms with Crippen LogP contribution >= 0.6 is 0 Å². The Balaban J connectivity index is 0.961. The lowest BCUT2D eigenvalue weighted by Crippen LogP contribution is -2.29. The standard InChI is InChI=1S/C41H47NO9/c1-2-47-28-12-13-30-49-35-20-16-33(17-21-35)41(46)51-37-24-22-36(23-25-37)48-29-10-8-6-4-3-5-7-9-11-31-50-40(45)32-14-18-34(19-15-32)42-38(43)26-27-39(42)44/h2,14-27H,1,3-13,28-31H2. The Labute approximate surface area is 300 Å². The molecule has 10 heteroatoms. The molecule has 2 amide bonds. The summed E-state index contributed by atoms with van der Waals surface area (Å²) in [7, 11) is 0. The normalized spacial score (nSPS) is 12.1. The number of anilines is 1. The summed E-state index contributed by atoms with van der Waals surface area (Å²) in [5.41, 5.74) is 1.25. The largest absolute Gasteiger partial charge is 0.502 e. The zero-order chi connectivity index (χ0) is 36.1. The van der Waals surface area contributed by atoms with Crippen molar-refractivity contribution in [1.29, 1.82) is 0 Å². The van der Waals surface area contributed by atoms with Gasteiger partial charge in [0.25, 0.3) is 11.8 Å². The molecular weight excluding hydrogens is 650 g/mol. The van der Waals surface area contributed by atoms with Crippen LogP contribution in [0.15, 0.2) is 97.8 Å². The minimum absolute atomic E-state index is 0.362. The van der Waals surface area contributed by atoms with Crippen molar-refractivity contribution >= 4 is 29.4 Å². The number of unbranched alkanes of at least 4 members (excludes halogenated alkanes) is 9. The fraction of sp³-hybridized carbons (Fsp3) is 0.366. The highest BCUT2D eigenvalue weighted by molar-refractivity contribution is 6.28. The molecule has 0 aromatic heterocycles. The van der Waals surface area contributed by atoms with E-state index >= 15 is 0 Å². The summed E-state index contributed by atoms with van der Waals surface area (Å²) in [6.45, 7) is 5.70. The molecule has 1 heterocycles. The molecule has 0 spiro atoms. The molecule has 0 bridgehead atoms. The molecule has 51 heavy (non-hydrogen) atoms. The molecule has 0 N–H and O–H groups in total. The third kappa shape index (κ3) is 13.5. The molecule has 1 aliphatic rings. The Hall–Kier alpha value is -5.38. The second-order valence-electron chi connectivity index (χ2n) is 12.0. The van der Waals surface area contributed by atoms with Crippen molar-refractivity contribution in [1.82, 2.24) is 0 Å². The maximum absolute atomic E-state index is 12.5. The summed E-state index contributed by atoms with van der Waals surface area (Å²) in [5, 5.41) is 0. The first-order valence-corrected chi connectivity index (χ1v) is 17.7. The van der Waals surface area contributed by atoms with E-state index in [9.17, 15) is 19.2 Å². The Morgan fingerprint density at radius 2 is 0.961 bits per heavy atom. The minimum Gasteiger partial charge on any atom is -0.502 e. The van der Waals surface area contributed by atoms with Crippen molar-refractivity contribution in [2.45, 2.75) is 70.6 Å². The molecule has 0 aliphatic carbocycles. The van der Waals surface area contributed by atoms with E-state index in [0.29, 0.717) is 54.7 Å². The Bertz CT molecular complexity index is 1560. The summed E-state index contributed by atoms with van der Waals surface area (Å²) in [6.07, 6.45) is 15.3. The van der Waals surface area contributed by atoms with Crippen molar-refractivity contribution in [2.24, 2.45) is 0 Å². The Morgan fingerprint density at radius 1 is 0.529 bits per heavy atom. The number of rotatable bonds is 24. The Morgan fingerprint density at radius 3 is 1.53 bits per heavy atom. The molecule has 0 unspecified atom stereocenters. The number of ether oxygens (including phenoxy) is 5. The number of carbonyl (C=O) groups is 4. The first-order chi connectivity index (χ1) is 24.9. The van der Waals surface area contributed by atoms with Gasteiger partial charge < -0.3 is 23.7 Å². The highest BCUT2D eigenvalue weighted by Crippen LogP contribution is 2.22. The predicted molar refractivity (Wildman–Crippen MR) is 194 cm³/mol. The van der Waals surface area contributed by atoms with Crippen molar-refractivity contribution in [2.75, 3.05) is 31.3 Å². The van der Waals surface area contributed by atoms with Crippen LogP contribution in [0.1, 0.15) is 91.3 Å². The lowest BCUT2D eigenvalue weighted by atomic mass is 10.1. The zero-order valence-corrected chi connectivity index (χ0v) is 29.1.